The first-order chi connectivity index (χ1) is 12.4. The Kier molecular flexibility index (Phi) is 7.25. The molecule has 2 rings (SSSR count). The van der Waals surface area contributed by atoms with Crippen LogP contribution in [0.25, 0.3) is 6.08 Å². The predicted octanol–water partition coefficient (Wildman–Crippen LogP) is 4.82. The summed E-state index contributed by atoms with van der Waals surface area (Å²) in [5, 5.41) is 3.74. The van der Waals surface area contributed by atoms with E-state index in [4.69, 9.17) is 27.9 Å². The number of rotatable bonds is 6. The molecule has 136 valence electrons. The van der Waals surface area contributed by atoms with Gasteiger partial charge in [-0.1, -0.05) is 59.6 Å². The van der Waals surface area contributed by atoms with Crippen LogP contribution in [0.4, 0.5) is 0 Å². The van der Waals surface area contributed by atoms with Crippen molar-refractivity contribution in [1.29, 1.82) is 0 Å². The fourth-order valence-corrected chi connectivity index (χ4v) is 2.83. The zero-order valence-electron chi connectivity index (χ0n) is 14.4. The van der Waals surface area contributed by atoms with Crippen molar-refractivity contribution in [2.24, 2.45) is 0 Å². The van der Waals surface area contributed by atoms with E-state index in [9.17, 15) is 9.59 Å². The molecule has 4 nitrogen and oxygen atoms in total. The van der Waals surface area contributed by atoms with Crippen LogP contribution >= 0.6 is 23.2 Å². The minimum Gasteiger partial charge on any atom is -0.449 e. The first-order valence-electron chi connectivity index (χ1n) is 8.06. The number of hydrogen-bond acceptors (Lipinski definition) is 3. The summed E-state index contributed by atoms with van der Waals surface area (Å²) in [6, 6.07) is 14.0. The third-order valence-electron chi connectivity index (χ3n) is 3.66. The van der Waals surface area contributed by atoms with Gasteiger partial charge in [-0.05, 0) is 43.2 Å². The molecular formula is C20H19Cl2NO3. The Morgan fingerprint density at radius 1 is 1.08 bits per heavy atom. The van der Waals surface area contributed by atoms with E-state index in [2.05, 4.69) is 5.32 Å². The first kappa shape index (κ1) is 20.0. The summed E-state index contributed by atoms with van der Waals surface area (Å²) in [5.41, 5.74) is 1.60. The second-order valence-electron chi connectivity index (χ2n) is 5.72. The van der Waals surface area contributed by atoms with E-state index >= 15 is 0 Å². The average Bonchev–Trinajstić information content (AvgIpc) is 2.60. The van der Waals surface area contributed by atoms with Crippen molar-refractivity contribution in [1.82, 2.24) is 5.32 Å². The zero-order chi connectivity index (χ0) is 19.1. The standard InChI is InChI=1S/C20H19Cl2NO3/c1-13(17-10-9-16(21)12-18(17)22)23-20(25)14(2)26-19(24)11-8-15-6-4-3-5-7-15/h3-14H,1-2H3,(H,23,25)/b11-8+/t13-,14+/m1/s1. The molecule has 0 aliphatic heterocycles. The third-order valence-corrected chi connectivity index (χ3v) is 4.22. The summed E-state index contributed by atoms with van der Waals surface area (Å²) in [5.74, 6) is -1.00. The highest BCUT2D eigenvalue weighted by molar-refractivity contribution is 6.35. The number of hydrogen-bond donors (Lipinski definition) is 1. The number of ether oxygens (including phenoxy) is 1. The SMILES string of the molecule is C[C@H](OC(=O)/C=C/c1ccccc1)C(=O)N[C@H](C)c1ccc(Cl)cc1Cl. The summed E-state index contributed by atoms with van der Waals surface area (Å²) < 4.78 is 5.13. The molecule has 0 saturated carbocycles. The number of esters is 1. The molecule has 0 radical (unpaired) electrons. The number of amides is 1. The highest BCUT2D eigenvalue weighted by Gasteiger charge is 2.20. The van der Waals surface area contributed by atoms with Gasteiger partial charge in [0.1, 0.15) is 0 Å². The molecule has 2 atom stereocenters. The second-order valence-corrected chi connectivity index (χ2v) is 6.56. The highest BCUT2D eigenvalue weighted by Crippen LogP contribution is 2.26. The van der Waals surface area contributed by atoms with Gasteiger partial charge in [-0.3, -0.25) is 4.79 Å². The van der Waals surface area contributed by atoms with E-state index in [0.29, 0.717) is 10.0 Å². The molecule has 1 N–H and O–H groups in total. The second kappa shape index (κ2) is 9.41. The monoisotopic (exact) mass is 391 g/mol. The van der Waals surface area contributed by atoms with Crippen LogP contribution in [0.15, 0.2) is 54.6 Å². The topological polar surface area (TPSA) is 55.4 Å². The quantitative estimate of drug-likeness (QED) is 0.567. The molecule has 0 unspecified atom stereocenters. The molecule has 1 amide bonds. The van der Waals surface area contributed by atoms with Gasteiger partial charge in [0, 0.05) is 16.1 Å². The van der Waals surface area contributed by atoms with Crippen LogP contribution in [0, 0.1) is 0 Å². The van der Waals surface area contributed by atoms with E-state index in [1.807, 2.05) is 30.3 Å². The molecule has 26 heavy (non-hydrogen) atoms. The van der Waals surface area contributed by atoms with Gasteiger partial charge in [0.15, 0.2) is 6.10 Å². The Morgan fingerprint density at radius 2 is 1.77 bits per heavy atom. The maximum atomic E-state index is 12.2. The molecule has 0 heterocycles. The Bertz CT molecular complexity index is 806. The lowest BCUT2D eigenvalue weighted by molar-refractivity contribution is -0.150. The maximum absolute atomic E-state index is 12.2. The molecule has 0 aliphatic rings. The Hall–Kier alpha value is -2.30. The van der Waals surface area contributed by atoms with Gasteiger partial charge in [-0.25, -0.2) is 4.79 Å². The van der Waals surface area contributed by atoms with Crippen molar-refractivity contribution in [3.8, 4) is 0 Å². The molecule has 6 heteroatoms. The van der Waals surface area contributed by atoms with Gasteiger partial charge < -0.3 is 10.1 Å². The van der Waals surface area contributed by atoms with E-state index in [0.717, 1.165) is 11.1 Å². The minimum absolute atomic E-state index is 0.353. The lowest BCUT2D eigenvalue weighted by Crippen LogP contribution is -2.37. The van der Waals surface area contributed by atoms with Gasteiger partial charge in [-0.2, -0.15) is 0 Å². The van der Waals surface area contributed by atoms with E-state index in [-0.39, 0.29) is 6.04 Å². The average molecular weight is 392 g/mol. The van der Waals surface area contributed by atoms with Crippen LogP contribution in [-0.4, -0.2) is 18.0 Å². The molecule has 0 bridgehead atoms. The van der Waals surface area contributed by atoms with Crippen molar-refractivity contribution in [3.05, 3.63) is 75.8 Å². The van der Waals surface area contributed by atoms with E-state index in [1.54, 1.807) is 31.2 Å². The normalized spacial score (nSPS) is 13.2. The molecule has 0 spiro atoms. The largest absolute Gasteiger partial charge is 0.449 e. The lowest BCUT2D eigenvalue weighted by Gasteiger charge is -2.19. The van der Waals surface area contributed by atoms with Crippen LogP contribution in [0.5, 0.6) is 0 Å². The summed E-state index contributed by atoms with van der Waals surface area (Å²) in [6.45, 7) is 3.30. The molecule has 2 aromatic carbocycles. The summed E-state index contributed by atoms with van der Waals surface area (Å²) in [7, 11) is 0. The number of benzene rings is 2. The summed E-state index contributed by atoms with van der Waals surface area (Å²) >= 11 is 12.0. The molecule has 0 saturated heterocycles. The van der Waals surface area contributed by atoms with E-state index in [1.165, 1.54) is 13.0 Å². The van der Waals surface area contributed by atoms with Gasteiger partial charge in [-0.15, -0.1) is 0 Å². The van der Waals surface area contributed by atoms with Gasteiger partial charge in [0.05, 0.1) is 6.04 Å². The fourth-order valence-electron chi connectivity index (χ4n) is 2.26. The molecule has 0 aliphatic carbocycles. The van der Waals surface area contributed by atoms with Crippen LogP contribution in [0.1, 0.15) is 31.0 Å². The highest BCUT2D eigenvalue weighted by atomic mass is 35.5. The van der Waals surface area contributed by atoms with Crippen molar-refractivity contribution >= 4 is 41.2 Å². The van der Waals surface area contributed by atoms with Crippen LogP contribution in [-0.2, 0) is 14.3 Å². The summed E-state index contributed by atoms with van der Waals surface area (Å²) in [6.07, 6.45) is 1.98. The van der Waals surface area contributed by atoms with Crippen LogP contribution < -0.4 is 5.32 Å². The molecule has 0 fully saturated rings. The fraction of sp³-hybridized carbons (Fsp3) is 0.200. The number of carbonyl (C=O) groups is 2. The predicted molar refractivity (Wildman–Crippen MR) is 104 cm³/mol. The lowest BCUT2D eigenvalue weighted by atomic mass is 10.1. The minimum atomic E-state index is -0.934. The van der Waals surface area contributed by atoms with E-state index < -0.39 is 18.0 Å². The smallest absolute Gasteiger partial charge is 0.331 e. The van der Waals surface area contributed by atoms with Gasteiger partial charge in [0.25, 0.3) is 5.91 Å². The number of halogens is 2. The van der Waals surface area contributed by atoms with Crippen LogP contribution in [0.2, 0.25) is 10.0 Å². The summed E-state index contributed by atoms with van der Waals surface area (Å²) in [4.78, 5) is 24.1. The van der Waals surface area contributed by atoms with Crippen molar-refractivity contribution in [3.63, 3.8) is 0 Å². The third kappa shape index (κ3) is 5.90. The number of carbonyl (C=O) groups excluding carboxylic acids is 2. The zero-order valence-corrected chi connectivity index (χ0v) is 15.9. The Labute approximate surface area is 162 Å². The number of nitrogens with one attached hydrogen (secondary N) is 1. The van der Waals surface area contributed by atoms with Gasteiger partial charge >= 0.3 is 5.97 Å². The Balaban J connectivity index is 1.90. The Morgan fingerprint density at radius 3 is 2.42 bits per heavy atom. The maximum Gasteiger partial charge on any atom is 0.331 e. The van der Waals surface area contributed by atoms with Crippen LogP contribution in [0.3, 0.4) is 0 Å². The van der Waals surface area contributed by atoms with Gasteiger partial charge in [0.2, 0.25) is 0 Å². The molecule has 0 aromatic heterocycles. The van der Waals surface area contributed by atoms with Crippen molar-refractivity contribution < 1.29 is 14.3 Å². The van der Waals surface area contributed by atoms with Crippen molar-refractivity contribution in [2.45, 2.75) is 26.0 Å². The van der Waals surface area contributed by atoms with Crippen molar-refractivity contribution in [2.75, 3.05) is 0 Å². The molecular weight excluding hydrogens is 373 g/mol. The first-order valence-corrected chi connectivity index (χ1v) is 8.81. The molecule has 2 aromatic rings.